The number of fused-ring (bicyclic) bond motifs is 1. The Bertz CT molecular complexity index is 1230. The van der Waals surface area contributed by atoms with Gasteiger partial charge in [0, 0.05) is 58.5 Å². The standard InChI is InChI=1S/C24H27F2N7S/c1-31-9-11-33(12-10-31)15-16-3-7-21(27-14-16)29-24-28-19-5-8-22(30-23(19)34-24)32(2)20-6-4-17(25)13-18(20)26/h3,5,7-8,13-14H,4,6,9-12,15H2,1-2H3,(H,27,28,29). The van der Waals surface area contributed by atoms with Gasteiger partial charge >= 0.3 is 0 Å². The van der Waals surface area contributed by atoms with E-state index in [9.17, 15) is 8.78 Å². The number of hydrogen-bond acceptors (Lipinski definition) is 8. The highest BCUT2D eigenvalue weighted by atomic mass is 32.1. The average molecular weight is 484 g/mol. The minimum absolute atomic E-state index is 0.200. The molecule has 7 nitrogen and oxygen atoms in total. The number of halogens is 2. The molecular formula is C24H27F2N7S. The summed E-state index contributed by atoms with van der Waals surface area (Å²) in [4.78, 5) is 21.0. The van der Waals surface area contributed by atoms with Crippen LogP contribution in [0.15, 0.2) is 53.9 Å². The second-order valence-corrected chi connectivity index (χ2v) is 9.69. The molecule has 10 heteroatoms. The topological polar surface area (TPSA) is 60.4 Å². The number of rotatable bonds is 6. The van der Waals surface area contributed by atoms with E-state index in [1.807, 2.05) is 18.3 Å². The number of piperazine rings is 1. The molecule has 1 fully saturated rings. The molecule has 1 aliphatic heterocycles. The monoisotopic (exact) mass is 483 g/mol. The van der Waals surface area contributed by atoms with Gasteiger partial charge in [0.2, 0.25) is 0 Å². The van der Waals surface area contributed by atoms with Crippen LogP contribution in [0.25, 0.3) is 10.3 Å². The zero-order chi connectivity index (χ0) is 23.7. The van der Waals surface area contributed by atoms with Gasteiger partial charge in [-0.05, 0) is 37.2 Å². The van der Waals surface area contributed by atoms with Crippen LogP contribution in [0.1, 0.15) is 18.4 Å². The summed E-state index contributed by atoms with van der Waals surface area (Å²) in [5, 5.41) is 3.95. The Kier molecular flexibility index (Phi) is 6.53. The van der Waals surface area contributed by atoms with Crippen LogP contribution in [0.3, 0.4) is 0 Å². The van der Waals surface area contributed by atoms with Crippen LogP contribution in [0.4, 0.5) is 25.5 Å². The van der Waals surface area contributed by atoms with Crippen LogP contribution in [0.2, 0.25) is 0 Å². The van der Waals surface area contributed by atoms with Crippen LogP contribution >= 0.6 is 11.3 Å². The van der Waals surface area contributed by atoms with Crippen molar-refractivity contribution in [2.24, 2.45) is 0 Å². The number of thiazole rings is 1. The van der Waals surface area contributed by atoms with Crippen molar-refractivity contribution >= 4 is 38.5 Å². The third-order valence-corrected chi connectivity index (χ3v) is 7.09. The van der Waals surface area contributed by atoms with Gasteiger partial charge in [-0.2, -0.15) is 0 Å². The zero-order valence-corrected chi connectivity index (χ0v) is 20.1. The fraction of sp³-hybridized carbons (Fsp3) is 0.375. The quantitative estimate of drug-likeness (QED) is 0.538. The van der Waals surface area contributed by atoms with E-state index in [1.165, 1.54) is 16.9 Å². The van der Waals surface area contributed by atoms with Gasteiger partial charge in [-0.3, -0.25) is 4.90 Å². The van der Waals surface area contributed by atoms with E-state index in [0.29, 0.717) is 23.1 Å². The normalized spacial score (nSPS) is 17.8. The summed E-state index contributed by atoms with van der Waals surface area (Å²) >= 11 is 1.41. The zero-order valence-electron chi connectivity index (χ0n) is 19.3. The van der Waals surface area contributed by atoms with Crippen LogP contribution < -0.4 is 10.2 Å². The number of likely N-dealkylation sites (N-methyl/N-ethyl adjacent to an activating group) is 1. The minimum atomic E-state index is -0.554. The molecule has 0 aromatic carbocycles. The summed E-state index contributed by atoms with van der Waals surface area (Å²) in [6.07, 6.45) is 3.36. The maximum Gasteiger partial charge on any atom is 0.190 e. The Labute approximate surface area is 201 Å². The average Bonchev–Trinajstić information content (AvgIpc) is 3.23. The van der Waals surface area contributed by atoms with Gasteiger partial charge in [0.25, 0.3) is 0 Å². The summed E-state index contributed by atoms with van der Waals surface area (Å²) in [6, 6.07) is 7.72. The molecule has 0 bridgehead atoms. The number of aromatic nitrogens is 3. The Hall–Kier alpha value is -2.95. The van der Waals surface area contributed by atoms with Crippen molar-refractivity contribution in [3.63, 3.8) is 0 Å². The number of nitrogens with one attached hydrogen (secondary N) is 1. The number of pyridine rings is 2. The smallest absolute Gasteiger partial charge is 0.190 e. The van der Waals surface area contributed by atoms with E-state index >= 15 is 0 Å². The lowest BCUT2D eigenvalue weighted by Crippen LogP contribution is -2.43. The lowest BCUT2D eigenvalue weighted by molar-refractivity contribution is 0.148. The molecule has 0 unspecified atom stereocenters. The molecule has 1 N–H and O–H groups in total. The first-order valence-electron chi connectivity index (χ1n) is 11.3. The largest absolute Gasteiger partial charge is 0.330 e. The van der Waals surface area contributed by atoms with Crippen LogP contribution in [0, 0.1) is 0 Å². The number of nitrogens with zero attached hydrogens (tertiary/aromatic N) is 6. The van der Waals surface area contributed by atoms with E-state index < -0.39 is 11.7 Å². The summed E-state index contributed by atoms with van der Waals surface area (Å²) in [5.74, 6) is 0.330. The minimum Gasteiger partial charge on any atom is -0.330 e. The van der Waals surface area contributed by atoms with Gasteiger partial charge in [0.15, 0.2) is 5.13 Å². The molecule has 2 aliphatic rings. The molecule has 4 heterocycles. The van der Waals surface area contributed by atoms with Crippen molar-refractivity contribution in [3.05, 3.63) is 59.5 Å². The Morgan fingerprint density at radius 2 is 1.88 bits per heavy atom. The predicted octanol–water partition coefficient (Wildman–Crippen LogP) is 4.84. The number of anilines is 3. The molecule has 0 atom stereocenters. The fourth-order valence-electron chi connectivity index (χ4n) is 4.13. The lowest BCUT2D eigenvalue weighted by atomic mass is 10.1. The fourth-order valence-corrected chi connectivity index (χ4v) is 4.97. The molecule has 1 saturated heterocycles. The molecule has 3 aromatic heterocycles. The molecular weight excluding hydrogens is 456 g/mol. The highest BCUT2D eigenvalue weighted by Gasteiger charge is 2.20. The number of allylic oxidation sites excluding steroid dienone is 4. The molecule has 5 rings (SSSR count). The molecule has 3 aromatic rings. The van der Waals surface area contributed by atoms with E-state index in [2.05, 4.69) is 43.2 Å². The van der Waals surface area contributed by atoms with Crippen molar-refractivity contribution in [1.29, 1.82) is 0 Å². The van der Waals surface area contributed by atoms with E-state index in [4.69, 9.17) is 0 Å². The van der Waals surface area contributed by atoms with Crippen molar-refractivity contribution in [1.82, 2.24) is 24.8 Å². The van der Waals surface area contributed by atoms with E-state index in [1.54, 1.807) is 18.0 Å². The van der Waals surface area contributed by atoms with E-state index in [-0.39, 0.29) is 6.42 Å². The Morgan fingerprint density at radius 3 is 2.62 bits per heavy atom. The summed E-state index contributed by atoms with van der Waals surface area (Å²) in [6.45, 7) is 5.24. The van der Waals surface area contributed by atoms with Gasteiger partial charge < -0.3 is 15.1 Å². The van der Waals surface area contributed by atoms with Gasteiger partial charge in [-0.15, -0.1) is 0 Å². The third kappa shape index (κ3) is 5.08. The summed E-state index contributed by atoms with van der Waals surface area (Å²) < 4.78 is 27.6. The van der Waals surface area contributed by atoms with Crippen molar-refractivity contribution in [2.75, 3.05) is 50.5 Å². The van der Waals surface area contributed by atoms with Crippen LogP contribution in [-0.2, 0) is 6.54 Å². The Balaban J connectivity index is 1.26. The predicted molar refractivity (Wildman–Crippen MR) is 133 cm³/mol. The first kappa shape index (κ1) is 22.8. The Morgan fingerprint density at radius 1 is 1.06 bits per heavy atom. The first-order valence-corrected chi connectivity index (χ1v) is 12.1. The van der Waals surface area contributed by atoms with Crippen molar-refractivity contribution in [3.8, 4) is 0 Å². The molecule has 0 radical (unpaired) electrons. The maximum absolute atomic E-state index is 14.2. The molecule has 0 saturated carbocycles. The highest BCUT2D eigenvalue weighted by molar-refractivity contribution is 7.21. The molecule has 0 spiro atoms. The highest BCUT2D eigenvalue weighted by Crippen LogP contribution is 2.32. The van der Waals surface area contributed by atoms with Crippen molar-refractivity contribution < 1.29 is 8.78 Å². The lowest BCUT2D eigenvalue weighted by Gasteiger charge is -2.32. The molecule has 1 aliphatic carbocycles. The second kappa shape index (κ2) is 9.73. The number of hydrogen-bond donors (Lipinski definition) is 1. The van der Waals surface area contributed by atoms with Crippen LogP contribution in [-0.4, -0.2) is 65.0 Å². The molecule has 0 amide bonds. The maximum atomic E-state index is 14.2. The third-order valence-electron chi connectivity index (χ3n) is 6.21. The van der Waals surface area contributed by atoms with E-state index in [0.717, 1.165) is 55.0 Å². The molecule has 178 valence electrons. The summed E-state index contributed by atoms with van der Waals surface area (Å²) in [7, 11) is 3.90. The molecule has 34 heavy (non-hydrogen) atoms. The van der Waals surface area contributed by atoms with Gasteiger partial charge in [0.05, 0.1) is 5.70 Å². The van der Waals surface area contributed by atoms with Gasteiger partial charge in [-0.1, -0.05) is 17.4 Å². The second-order valence-electron chi connectivity index (χ2n) is 8.71. The SMILES string of the molecule is CN1CCN(Cc2ccc(Nc3nc4ccc(N(C)C5=C(F)C=C(F)CC5)nc4s3)nc2)CC1. The van der Waals surface area contributed by atoms with Crippen LogP contribution in [0.5, 0.6) is 0 Å². The summed E-state index contributed by atoms with van der Waals surface area (Å²) in [5.41, 5.74) is 2.37. The van der Waals surface area contributed by atoms with Gasteiger partial charge in [-0.25, -0.2) is 23.7 Å². The van der Waals surface area contributed by atoms with Gasteiger partial charge in [0.1, 0.15) is 33.6 Å². The first-order chi connectivity index (χ1) is 16.4. The van der Waals surface area contributed by atoms with Crippen molar-refractivity contribution in [2.45, 2.75) is 19.4 Å².